The average molecular weight is 382 g/mol. The van der Waals surface area contributed by atoms with Crippen molar-refractivity contribution >= 4 is 17.2 Å². The monoisotopic (exact) mass is 382 g/mol. The molecule has 0 fully saturated rings. The maximum atomic E-state index is 12.2. The van der Waals surface area contributed by atoms with Crippen molar-refractivity contribution in [2.75, 3.05) is 14.2 Å². The predicted molar refractivity (Wildman–Crippen MR) is 107 cm³/mol. The Morgan fingerprint density at radius 3 is 2.74 bits per heavy atom. The number of methoxy groups -OCH3 is 2. The molecule has 0 unspecified atom stereocenters. The lowest BCUT2D eigenvalue weighted by Gasteiger charge is -2.11. The Balaban J connectivity index is 1.54. The molecule has 0 saturated carbocycles. The molecule has 0 spiro atoms. The minimum Gasteiger partial charge on any atom is -0.497 e. The van der Waals surface area contributed by atoms with E-state index in [-0.39, 0.29) is 5.91 Å². The summed E-state index contributed by atoms with van der Waals surface area (Å²) in [4.78, 5) is 16.5. The van der Waals surface area contributed by atoms with Crippen LogP contribution < -0.4 is 14.8 Å². The van der Waals surface area contributed by atoms with Crippen LogP contribution in [0.2, 0.25) is 0 Å². The third-order valence-electron chi connectivity index (χ3n) is 4.25. The number of nitrogens with zero attached hydrogens (tertiary/aromatic N) is 1. The molecule has 5 nitrogen and oxygen atoms in total. The molecule has 27 heavy (non-hydrogen) atoms. The molecular weight excluding hydrogens is 360 g/mol. The van der Waals surface area contributed by atoms with E-state index in [1.807, 2.05) is 29.8 Å². The van der Waals surface area contributed by atoms with Crippen molar-refractivity contribution in [3.63, 3.8) is 0 Å². The average Bonchev–Trinajstić information content (AvgIpc) is 3.25. The van der Waals surface area contributed by atoms with E-state index in [9.17, 15) is 4.79 Å². The molecule has 0 aliphatic rings. The maximum absolute atomic E-state index is 12.2. The number of rotatable bonds is 8. The zero-order valence-corrected chi connectivity index (χ0v) is 16.2. The van der Waals surface area contributed by atoms with Crippen molar-refractivity contribution in [1.82, 2.24) is 10.3 Å². The molecule has 2 aromatic heterocycles. The number of carbonyl (C=O) groups excluding carboxylic acids is 1. The summed E-state index contributed by atoms with van der Waals surface area (Å²) in [6.07, 6.45) is 4.61. The number of thiophene rings is 1. The molecule has 0 bridgehead atoms. The number of aryl methyl sites for hydroxylation is 1. The van der Waals surface area contributed by atoms with Gasteiger partial charge in [0.25, 0.3) is 0 Å². The van der Waals surface area contributed by atoms with Crippen LogP contribution in [0.4, 0.5) is 0 Å². The summed E-state index contributed by atoms with van der Waals surface area (Å²) >= 11 is 1.65. The number of pyridine rings is 1. The number of hydrogen-bond donors (Lipinski definition) is 1. The first-order chi connectivity index (χ1) is 13.2. The molecule has 3 aromatic rings. The molecule has 1 amide bonds. The fourth-order valence-electron chi connectivity index (χ4n) is 2.77. The molecule has 3 rings (SSSR count). The summed E-state index contributed by atoms with van der Waals surface area (Å²) in [6, 6.07) is 9.75. The highest BCUT2D eigenvalue weighted by molar-refractivity contribution is 7.08. The maximum Gasteiger partial charge on any atom is 0.220 e. The third kappa shape index (κ3) is 5.08. The second-order valence-corrected chi connectivity index (χ2v) is 6.83. The molecule has 0 atom stereocenters. The zero-order chi connectivity index (χ0) is 19.1. The van der Waals surface area contributed by atoms with Crippen LogP contribution in [-0.2, 0) is 17.8 Å². The van der Waals surface area contributed by atoms with Crippen molar-refractivity contribution in [3.8, 4) is 22.6 Å². The molecule has 0 saturated heterocycles. The van der Waals surface area contributed by atoms with E-state index in [1.165, 1.54) is 0 Å². The third-order valence-corrected chi connectivity index (χ3v) is 4.94. The van der Waals surface area contributed by atoms with Gasteiger partial charge in [-0.3, -0.25) is 9.78 Å². The number of nitrogens with one attached hydrogen (secondary N) is 1. The first-order valence-electron chi connectivity index (χ1n) is 8.63. The summed E-state index contributed by atoms with van der Waals surface area (Å²) in [5, 5.41) is 7.08. The van der Waals surface area contributed by atoms with Gasteiger partial charge in [-0.1, -0.05) is 6.07 Å². The van der Waals surface area contributed by atoms with Gasteiger partial charge in [-0.2, -0.15) is 11.3 Å². The van der Waals surface area contributed by atoms with E-state index < -0.39 is 0 Å². The van der Waals surface area contributed by atoms with E-state index >= 15 is 0 Å². The van der Waals surface area contributed by atoms with Crippen LogP contribution in [0.1, 0.15) is 17.5 Å². The number of hydrogen-bond acceptors (Lipinski definition) is 5. The second kappa shape index (κ2) is 9.19. The Kier molecular flexibility index (Phi) is 6.44. The topological polar surface area (TPSA) is 60.5 Å². The quantitative estimate of drug-likeness (QED) is 0.638. The van der Waals surface area contributed by atoms with Gasteiger partial charge in [0, 0.05) is 37.0 Å². The van der Waals surface area contributed by atoms with Gasteiger partial charge in [0.15, 0.2) is 0 Å². The number of carbonyl (C=O) groups is 1. The van der Waals surface area contributed by atoms with Crippen LogP contribution in [0.3, 0.4) is 0 Å². The molecule has 2 heterocycles. The standard InChI is InChI=1S/C21H22N2O3S/c1-25-19-5-3-16(20(10-19)26-2)4-6-21(24)23-12-15-9-18(13-22-11-15)17-7-8-27-14-17/h3,5,7-11,13-14H,4,6,12H2,1-2H3,(H,23,24). The lowest BCUT2D eigenvalue weighted by atomic mass is 10.1. The molecule has 0 aliphatic carbocycles. The zero-order valence-electron chi connectivity index (χ0n) is 15.4. The van der Waals surface area contributed by atoms with E-state index in [2.05, 4.69) is 27.8 Å². The van der Waals surface area contributed by atoms with Crippen LogP contribution in [0.25, 0.3) is 11.1 Å². The largest absolute Gasteiger partial charge is 0.497 e. The van der Waals surface area contributed by atoms with Crippen molar-refractivity contribution in [2.45, 2.75) is 19.4 Å². The first kappa shape index (κ1) is 18.9. The fourth-order valence-corrected chi connectivity index (χ4v) is 3.43. The summed E-state index contributed by atoms with van der Waals surface area (Å²) in [7, 11) is 3.23. The molecule has 1 N–H and O–H groups in total. The highest BCUT2D eigenvalue weighted by Gasteiger charge is 2.09. The minimum atomic E-state index is -0.00573. The minimum absolute atomic E-state index is 0.00573. The molecule has 0 aliphatic heterocycles. The first-order valence-corrected chi connectivity index (χ1v) is 9.58. The number of ether oxygens (including phenoxy) is 2. The highest BCUT2D eigenvalue weighted by atomic mass is 32.1. The summed E-state index contributed by atoms with van der Waals surface area (Å²) in [5.41, 5.74) is 4.17. The Hall–Kier alpha value is -2.86. The van der Waals surface area contributed by atoms with Crippen LogP contribution >= 0.6 is 11.3 Å². The van der Waals surface area contributed by atoms with E-state index in [4.69, 9.17) is 9.47 Å². The van der Waals surface area contributed by atoms with Crippen molar-refractivity contribution < 1.29 is 14.3 Å². The van der Waals surface area contributed by atoms with Gasteiger partial charge in [0.05, 0.1) is 14.2 Å². The van der Waals surface area contributed by atoms with Gasteiger partial charge in [-0.05, 0) is 52.1 Å². The van der Waals surface area contributed by atoms with Gasteiger partial charge in [-0.25, -0.2) is 0 Å². The Bertz CT molecular complexity index is 894. The highest BCUT2D eigenvalue weighted by Crippen LogP contribution is 2.25. The molecule has 1 aromatic carbocycles. The molecule has 6 heteroatoms. The van der Waals surface area contributed by atoms with Crippen molar-refractivity contribution in [3.05, 3.63) is 64.6 Å². The fraction of sp³-hybridized carbons (Fsp3) is 0.238. The van der Waals surface area contributed by atoms with E-state index in [1.54, 1.807) is 31.8 Å². The van der Waals surface area contributed by atoms with Gasteiger partial charge < -0.3 is 14.8 Å². The smallest absolute Gasteiger partial charge is 0.220 e. The number of amides is 1. The van der Waals surface area contributed by atoms with Crippen molar-refractivity contribution in [1.29, 1.82) is 0 Å². The van der Waals surface area contributed by atoms with Gasteiger partial charge >= 0.3 is 0 Å². The molecular formula is C21H22N2O3S. The number of benzene rings is 1. The predicted octanol–water partition coefficient (Wildman–Crippen LogP) is 4.08. The Morgan fingerprint density at radius 2 is 2.00 bits per heavy atom. The number of aromatic nitrogens is 1. The van der Waals surface area contributed by atoms with Crippen molar-refractivity contribution in [2.24, 2.45) is 0 Å². The summed E-state index contributed by atoms with van der Waals surface area (Å²) < 4.78 is 10.6. The summed E-state index contributed by atoms with van der Waals surface area (Å²) in [5.74, 6) is 1.46. The van der Waals surface area contributed by atoms with Crippen LogP contribution in [0.15, 0.2) is 53.5 Å². The van der Waals surface area contributed by atoms with E-state index in [0.29, 0.717) is 19.4 Å². The molecule has 140 valence electrons. The Morgan fingerprint density at radius 1 is 1.11 bits per heavy atom. The van der Waals surface area contributed by atoms with Crippen LogP contribution in [0.5, 0.6) is 11.5 Å². The van der Waals surface area contributed by atoms with Gasteiger partial charge in [0.1, 0.15) is 11.5 Å². The summed E-state index contributed by atoms with van der Waals surface area (Å²) in [6.45, 7) is 0.462. The Labute approximate surface area is 163 Å². The normalized spacial score (nSPS) is 10.4. The van der Waals surface area contributed by atoms with Gasteiger partial charge in [0.2, 0.25) is 5.91 Å². The molecule has 0 radical (unpaired) electrons. The van der Waals surface area contributed by atoms with E-state index in [0.717, 1.165) is 33.8 Å². The van der Waals surface area contributed by atoms with Crippen LogP contribution in [0, 0.1) is 0 Å². The second-order valence-electron chi connectivity index (χ2n) is 6.05. The van der Waals surface area contributed by atoms with Crippen LogP contribution in [-0.4, -0.2) is 25.1 Å². The SMILES string of the molecule is COc1ccc(CCC(=O)NCc2cncc(-c3ccsc3)c2)c(OC)c1. The lowest BCUT2D eigenvalue weighted by Crippen LogP contribution is -2.23. The van der Waals surface area contributed by atoms with Gasteiger partial charge in [-0.15, -0.1) is 0 Å². The lowest BCUT2D eigenvalue weighted by molar-refractivity contribution is -0.121.